The lowest BCUT2D eigenvalue weighted by atomic mass is 10.1. The van der Waals surface area contributed by atoms with Gasteiger partial charge in [-0.1, -0.05) is 0 Å². The fourth-order valence-corrected chi connectivity index (χ4v) is 3.41. The minimum Gasteiger partial charge on any atom is -0.315 e. The van der Waals surface area contributed by atoms with Crippen LogP contribution in [0.3, 0.4) is 0 Å². The van der Waals surface area contributed by atoms with E-state index in [9.17, 15) is 12.8 Å². The number of benzene rings is 1. The molecule has 2 N–H and O–H groups in total. The van der Waals surface area contributed by atoms with Crippen molar-refractivity contribution in [3.8, 4) is 0 Å². The monoisotopic (exact) mass is 372 g/mol. The van der Waals surface area contributed by atoms with Crippen LogP contribution in [0.1, 0.15) is 12.8 Å². The van der Waals surface area contributed by atoms with E-state index in [2.05, 4.69) is 26.0 Å². The molecular weight excluding hydrogens is 359 g/mol. The molecule has 1 saturated heterocycles. The quantitative estimate of drug-likeness (QED) is 0.852. The molecular formula is C11H15BrClFN2O2S. The van der Waals surface area contributed by atoms with Gasteiger partial charge in [0.2, 0.25) is 10.0 Å². The molecule has 1 atom stereocenters. The molecule has 19 heavy (non-hydrogen) atoms. The van der Waals surface area contributed by atoms with Gasteiger partial charge in [0, 0.05) is 12.6 Å². The number of hydrogen-bond donors (Lipinski definition) is 2. The fourth-order valence-electron chi connectivity index (χ4n) is 1.88. The molecule has 1 aliphatic heterocycles. The molecule has 0 aliphatic carbocycles. The lowest BCUT2D eigenvalue weighted by Crippen LogP contribution is -2.45. The van der Waals surface area contributed by atoms with Crippen LogP contribution in [0, 0.1) is 5.82 Å². The molecule has 1 aromatic carbocycles. The fraction of sp³-hybridized carbons (Fsp3) is 0.455. The Morgan fingerprint density at radius 1 is 1.42 bits per heavy atom. The lowest BCUT2D eigenvalue weighted by Gasteiger charge is -2.23. The summed E-state index contributed by atoms with van der Waals surface area (Å²) in [6, 6.07) is 3.66. The molecule has 2 rings (SSSR count). The van der Waals surface area contributed by atoms with Crippen LogP contribution < -0.4 is 10.0 Å². The molecule has 1 aromatic rings. The highest BCUT2D eigenvalue weighted by Crippen LogP contribution is 2.19. The first-order chi connectivity index (χ1) is 8.49. The van der Waals surface area contributed by atoms with Gasteiger partial charge < -0.3 is 5.32 Å². The summed E-state index contributed by atoms with van der Waals surface area (Å²) in [4.78, 5) is -0.0474. The predicted molar refractivity (Wildman–Crippen MR) is 77.6 cm³/mol. The minimum atomic E-state index is -3.65. The van der Waals surface area contributed by atoms with Crippen molar-refractivity contribution in [2.45, 2.75) is 23.8 Å². The zero-order valence-corrected chi connectivity index (χ0v) is 13.2. The van der Waals surface area contributed by atoms with Crippen LogP contribution in [-0.4, -0.2) is 27.5 Å². The molecule has 0 bridgehead atoms. The van der Waals surface area contributed by atoms with Crippen LogP contribution in [-0.2, 0) is 10.0 Å². The Labute approximate surface area is 126 Å². The number of nitrogens with one attached hydrogen (secondary N) is 2. The van der Waals surface area contributed by atoms with Crippen LogP contribution in [0.15, 0.2) is 27.6 Å². The molecule has 1 heterocycles. The van der Waals surface area contributed by atoms with Gasteiger partial charge in [-0.2, -0.15) is 0 Å². The van der Waals surface area contributed by atoms with E-state index in [-0.39, 0.29) is 27.8 Å². The highest BCUT2D eigenvalue weighted by atomic mass is 79.9. The Kier molecular flexibility index (Phi) is 6.19. The van der Waals surface area contributed by atoms with Crippen molar-refractivity contribution in [2.24, 2.45) is 0 Å². The van der Waals surface area contributed by atoms with Crippen LogP contribution in [0.5, 0.6) is 0 Å². The van der Waals surface area contributed by atoms with Crippen molar-refractivity contribution in [3.63, 3.8) is 0 Å². The molecule has 8 heteroatoms. The van der Waals surface area contributed by atoms with Gasteiger partial charge in [-0.25, -0.2) is 17.5 Å². The first kappa shape index (κ1) is 16.8. The molecule has 0 aromatic heterocycles. The van der Waals surface area contributed by atoms with Gasteiger partial charge in [-0.15, -0.1) is 12.4 Å². The number of hydrogen-bond acceptors (Lipinski definition) is 3. The lowest BCUT2D eigenvalue weighted by molar-refractivity contribution is 0.428. The summed E-state index contributed by atoms with van der Waals surface area (Å²) in [5, 5.41) is 3.12. The largest absolute Gasteiger partial charge is 0.315 e. The highest BCUT2D eigenvalue weighted by Gasteiger charge is 2.22. The van der Waals surface area contributed by atoms with Gasteiger partial charge in [0.15, 0.2) is 0 Å². The van der Waals surface area contributed by atoms with Crippen LogP contribution in [0.4, 0.5) is 4.39 Å². The predicted octanol–water partition coefficient (Wildman–Crippen LogP) is 2.04. The molecule has 1 fully saturated rings. The number of sulfonamides is 1. The average Bonchev–Trinajstić information content (AvgIpc) is 2.33. The summed E-state index contributed by atoms with van der Waals surface area (Å²) < 4.78 is 40.3. The molecule has 0 saturated carbocycles. The first-order valence-corrected chi connectivity index (χ1v) is 7.95. The third-order valence-electron chi connectivity index (χ3n) is 2.82. The van der Waals surface area contributed by atoms with Gasteiger partial charge in [0.1, 0.15) is 5.82 Å². The Morgan fingerprint density at radius 2 is 2.16 bits per heavy atom. The van der Waals surface area contributed by atoms with Gasteiger partial charge in [-0.05, 0) is 53.5 Å². The van der Waals surface area contributed by atoms with Gasteiger partial charge in [0.05, 0.1) is 9.37 Å². The molecule has 0 spiro atoms. The summed E-state index contributed by atoms with van der Waals surface area (Å²) >= 11 is 2.99. The summed E-state index contributed by atoms with van der Waals surface area (Å²) in [5.74, 6) is -0.584. The normalized spacial score (nSPS) is 19.8. The van der Waals surface area contributed by atoms with E-state index in [0.717, 1.165) is 25.5 Å². The van der Waals surface area contributed by atoms with Crippen molar-refractivity contribution >= 4 is 38.4 Å². The zero-order valence-electron chi connectivity index (χ0n) is 10.0. The standard InChI is InChI=1S/C11H14BrFN2O2S.ClH/c12-10-4-3-9(6-11(10)13)18(16,17)15-8-2-1-5-14-7-8;/h3-4,6,8,14-15H,1-2,5,7H2;1H. The van der Waals surface area contributed by atoms with E-state index in [1.54, 1.807) is 0 Å². The van der Waals surface area contributed by atoms with Gasteiger partial charge in [-0.3, -0.25) is 0 Å². The van der Waals surface area contributed by atoms with Crippen LogP contribution in [0.2, 0.25) is 0 Å². The Balaban J connectivity index is 0.00000180. The molecule has 0 amide bonds. The second-order valence-electron chi connectivity index (χ2n) is 4.24. The molecule has 4 nitrogen and oxygen atoms in total. The number of halogens is 3. The molecule has 0 radical (unpaired) electrons. The Bertz CT molecular complexity index is 535. The van der Waals surface area contributed by atoms with E-state index in [1.807, 2.05) is 0 Å². The van der Waals surface area contributed by atoms with E-state index < -0.39 is 15.8 Å². The summed E-state index contributed by atoms with van der Waals surface area (Å²) in [7, 11) is -3.65. The molecule has 108 valence electrons. The summed E-state index contributed by atoms with van der Waals surface area (Å²) in [5.41, 5.74) is 0. The van der Waals surface area contributed by atoms with Crippen LogP contribution >= 0.6 is 28.3 Å². The maximum absolute atomic E-state index is 13.3. The van der Waals surface area contributed by atoms with Crippen molar-refractivity contribution in [1.82, 2.24) is 10.0 Å². The second kappa shape index (κ2) is 6.99. The molecule has 1 unspecified atom stereocenters. The Hall–Kier alpha value is -0.210. The number of piperidine rings is 1. The van der Waals surface area contributed by atoms with Gasteiger partial charge in [0.25, 0.3) is 0 Å². The smallest absolute Gasteiger partial charge is 0.240 e. The first-order valence-electron chi connectivity index (χ1n) is 5.67. The number of rotatable bonds is 3. The highest BCUT2D eigenvalue weighted by molar-refractivity contribution is 9.10. The van der Waals surface area contributed by atoms with Gasteiger partial charge >= 0.3 is 0 Å². The van der Waals surface area contributed by atoms with Crippen molar-refractivity contribution in [3.05, 3.63) is 28.5 Å². The maximum Gasteiger partial charge on any atom is 0.240 e. The van der Waals surface area contributed by atoms with E-state index in [4.69, 9.17) is 0 Å². The van der Waals surface area contributed by atoms with Crippen molar-refractivity contribution in [2.75, 3.05) is 13.1 Å². The average molecular weight is 374 g/mol. The Morgan fingerprint density at radius 3 is 2.74 bits per heavy atom. The van der Waals surface area contributed by atoms with Crippen molar-refractivity contribution in [1.29, 1.82) is 0 Å². The molecule has 1 aliphatic rings. The van der Waals surface area contributed by atoms with E-state index in [1.165, 1.54) is 12.1 Å². The zero-order chi connectivity index (χ0) is 13.2. The van der Waals surface area contributed by atoms with Crippen LogP contribution in [0.25, 0.3) is 0 Å². The van der Waals surface area contributed by atoms with E-state index >= 15 is 0 Å². The topological polar surface area (TPSA) is 58.2 Å². The second-order valence-corrected chi connectivity index (χ2v) is 6.81. The summed E-state index contributed by atoms with van der Waals surface area (Å²) in [6.07, 6.45) is 1.73. The summed E-state index contributed by atoms with van der Waals surface area (Å²) in [6.45, 7) is 1.52. The van der Waals surface area contributed by atoms with E-state index in [0.29, 0.717) is 6.54 Å². The minimum absolute atomic E-state index is 0. The third kappa shape index (κ3) is 4.39. The maximum atomic E-state index is 13.3. The SMILES string of the molecule is Cl.O=S(=O)(NC1CCCNC1)c1ccc(Br)c(F)c1. The third-order valence-corrected chi connectivity index (χ3v) is 4.98. The van der Waals surface area contributed by atoms with Crippen molar-refractivity contribution < 1.29 is 12.8 Å².